The molecule has 0 bridgehead atoms. The number of nitrogens with one attached hydrogen (secondary N) is 1. The van der Waals surface area contributed by atoms with Crippen LogP contribution >= 0.6 is 23.2 Å². The summed E-state index contributed by atoms with van der Waals surface area (Å²) < 4.78 is 15.5. The molecule has 1 aliphatic rings. The molecule has 4 nitrogen and oxygen atoms in total. The molecule has 3 rings (SSSR count). The third-order valence-electron chi connectivity index (χ3n) is 4.33. The van der Waals surface area contributed by atoms with Crippen molar-refractivity contribution >= 4 is 34.9 Å². The lowest BCUT2D eigenvalue weighted by Crippen LogP contribution is -2.45. The Kier molecular flexibility index (Phi) is 4.80. The summed E-state index contributed by atoms with van der Waals surface area (Å²) in [7, 11) is 0. The molecule has 0 aliphatic heterocycles. The number of nitrogens with zero attached hydrogens (tertiary/aromatic N) is 1. The number of carbonyl (C=O) groups is 2. The molecule has 0 spiro atoms. The first kappa shape index (κ1) is 17.8. The quantitative estimate of drug-likeness (QED) is 0.857. The average Bonchev–Trinajstić information content (AvgIpc) is 2.58. The number of aromatic nitrogens is 1. The SMILES string of the molecule is CC(NC(=O)[C@]1(F)CCC(=O)c2ncccc21)c1ccc(Cl)cc1Cl. The fraction of sp³-hybridized carbons (Fsp3) is 0.278. The number of rotatable bonds is 3. The number of pyridine rings is 1. The molecule has 1 unspecified atom stereocenters. The molecule has 0 saturated heterocycles. The lowest BCUT2D eigenvalue weighted by Gasteiger charge is -2.30. The molecule has 1 aromatic heterocycles. The molecule has 0 radical (unpaired) electrons. The van der Waals surface area contributed by atoms with Crippen LogP contribution < -0.4 is 5.32 Å². The van der Waals surface area contributed by atoms with Gasteiger partial charge in [-0.1, -0.05) is 35.3 Å². The van der Waals surface area contributed by atoms with E-state index in [0.29, 0.717) is 15.6 Å². The maximum atomic E-state index is 15.5. The zero-order chi connectivity index (χ0) is 18.2. The van der Waals surface area contributed by atoms with E-state index in [1.54, 1.807) is 25.1 Å². The minimum atomic E-state index is -2.30. The highest BCUT2D eigenvalue weighted by atomic mass is 35.5. The summed E-state index contributed by atoms with van der Waals surface area (Å²) in [6.45, 7) is 1.70. The number of hydrogen-bond donors (Lipinski definition) is 1. The third-order valence-corrected chi connectivity index (χ3v) is 4.89. The minimum Gasteiger partial charge on any atom is -0.346 e. The van der Waals surface area contributed by atoms with Gasteiger partial charge < -0.3 is 5.32 Å². The molecular weight excluding hydrogens is 366 g/mol. The number of fused-ring (bicyclic) bond motifs is 1. The molecule has 130 valence electrons. The molecule has 1 amide bonds. The largest absolute Gasteiger partial charge is 0.346 e. The predicted octanol–water partition coefficient (Wildman–Crippen LogP) is 4.41. The van der Waals surface area contributed by atoms with Crippen molar-refractivity contribution in [2.24, 2.45) is 0 Å². The second-order valence-electron chi connectivity index (χ2n) is 5.98. The highest BCUT2D eigenvalue weighted by Crippen LogP contribution is 2.39. The van der Waals surface area contributed by atoms with Gasteiger partial charge in [-0.25, -0.2) is 4.39 Å². The van der Waals surface area contributed by atoms with Crippen LogP contribution in [0.1, 0.15) is 47.4 Å². The maximum absolute atomic E-state index is 15.5. The molecule has 2 atom stereocenters. The van der Waals surface area contributed by atoms with Gasteiger partial charge in [-0.3, -0.25) is 14.6 Å². The minimum absolute atomic E-state index is 0.0122. The Morgan fingerprint density at radius 3 is 2.84 bits per heavy atom. The standard InChI is InChI=1S/C18H15Cl2FN2O2/c1-10(12-5-4-11(19)9-14(12)20)23-17(25)18(21)7-6-15(24)16-13(18)3-2-8-22-16/h2-5,8-10H,6-7H2,1H3,(H,23,25)/t10?,18-/m0/s1. The Morgan fingerprint density at radius 2 is 2.12 bits per heavy atom. The van der Waals surface area contributed by atoms with Crippen molar-refractivity contribution < 1.29 is 14.0 Å². The van der Waals surface area contributed by atoms with Crippen molar-refractivity contribution in [2.75, 3.05) is 0 Å². The smallest absolute Gasteiger partial charge is 0.262 e. The number of alkyl halides is 1. The fourth-order valence-electron chi connectivity index (χ4n) is 2.96. The number of ketones is 1. The van der Waals surface area contributed by atoms with Crippen LogP contribution in [-0.2, 0) is 10.5 Å². The van der Waals surface area contributed by atoms with Gasteiger partial charge in [-0.15, -0.1) is 0 Å². The van der Waals surface area contributed by atoms with Gasteiger partial charge in [0, 0.05) is 34.6 Å². The highest BCUT2D eigenvalue weighted by molar-refractivity contribution is 6.35. The van der Waals surface area contributed by atoms with Gasteiger partial charge in [0.25, 0.3) is 5.91 Å². The van der Waals surface area contributed by atoms with E-state index in [4.69, 9.17) is 23.2 Å². The molecule has 0 fully saturated rings. The number of benzene rings is 1. The summed E-state index contributed by atoms with van der Waals surface area (Å²) in [5.74, 6) is -1.07. The van der Waals surface area contributed by atoms with Gasteiger partial charge in [0.05, 0.1) is 6.04 Å². The second-order valence-corrected chi connectivity index (χ2v) is 6.83. The van der Waals surface area contributed by atoms with Crippen LogP contribution in [0.2, 0.25) is 10.0 Å². The number of hydrogen-bond acceptors (Lipinski definition) is 3. The fourth-order valence-corrected chi connectivity index (χ4v) is 3.54. The van der Waals surface area contributed by atoms with Crippen LogP contribution in [0.25, 0.3) is 0 Å². The number of halogens is 3. The summed E-state index contributed by atoms with van der Waals surface area (Å²) in [6, 6.07) is 7.31. The lowest BCUT2D eigenvalue weighted by molar-refractivity contribution is -0.135. The topological polar surface area (TPSA) is 59.1 Å². The monoisotopic (exact) mass is 380 g/mol. The molecule has 7 heteroatoms. The van der Waals surface area contributed by atoms with Crippen molar-refractivity contribution in [3.63, 3.8) is 0 Å². The number of Topliss-reactive ketones (excluding diaryl/α,β-unsaturated/α-hetero) is 1. The first-order valence-electron chi connectivity index (χ1n) is 7.76. The van der Waals surface area contributed by atoms with Crippen molar-refractivity contribution in [1.29, 1.82) is 0 Å². The van der Waals surface area contributed by atoms with Crippen molar-refractivity contribution in [1.82, 2.24) is 10.3 Å². The van der Waals surface area contributed by atoms with Crippen LogP contribution in [-0.4, -0.2) is 16.7 Å². The molecule has 25 heavy (non-hydrogen) atoms. The molecule has 1 N–H and O–H groups in total. The van der Waals surface area contributed by atoms with Gasteiger partial charge in [-0.05, 0) is 30.7 Å². The zero-order valence-electron chi connectivity index (χ0n) is 13.4. The van der Waals surface area contributed by atoms with E-state index in [0.717, 1.165) is 0 Å². The summed E-state index contributed by atoms with van der Waals surface area (Å²) in [6.07, 6.45) is 1.14. The van der Waals surface area contributed by atoms with Gasteiger partial charge in [0.2, 0.25) is 5.67 Å². The van der Waals surface area contributed by atoms with Gasteiger partial charge in [-0.2, -0.15) is 0 Å². The molecular formula is C18H15Cl2FN2O2. The van der Waals surface area contributed by atoms with Gasteiger partial charge in [0.1, 0.15) is 5.69 Å². The van der Waals surface area contributed by atoms with E-state index in [9.17, 15) is 9.59 Å². The van der Waals surface area contributed by atoms with E-state index >= 15 is 4.39 Å². The first-order valence-corrected chi connectivity index (χ1v) is 8.52. The molecule has 2 aromatic rings. The Bertz CT molecular complexity index is 859. The Balaban J connectivity index is 1.88. The van der Waals surface area contributed by atoms with Gasteiger partial charge >= 0.3 is 0 Å². The third kappa shape index (κ3) is 3.26. The Hall–Kier alpha value is -1.98. The first-order chi connectivity index (χ1) is 11.8. The molecule has 1 heterocycles. The van der Waals surface area contributed by atoms with Gasteiger partial charge in [0.15, 0.2) is 5.78 Å². The average molecular weight is 381 g/mol. The van der Waals surface area contributed by atoms with Crippen LogP contribution in [0.5, 0.6) is 0 Å². The number of carbonyl (C=O) groups excluding carboxylic acids is 2. The van der Waals surface area contributed by atoms with E-state index < -0.39 is 17.6 Å². The molecule has 1 aromatic carbocycles. The van der Waals surface area contributed by atoms with E-state index in [1.165, 1.54) is 18.3 Å². The van der Waals surface area contributed by atoms with Crippen LogP contribution in [0.4, 0.5) is 4.39 Å². The van der Waals surface area contributed by atoms with E-state index in [-0.39, 0.29) is 29.9 Å². The predicted molar refractivity (Wildman–Crippen MR) is 93.6 cm³/mol. The van der Waals surface area contributed by atoms with Crippen molar-refractivity contribution in [3.05, 3.63) is 63.4 Å². The van der Waals surface area contributed by atoms with Crippen LogP contribution in [0.3, 0.4) is 0 Å². The van der Waals surface area contributed by atoms with E-state index in [1.807, 2.05) is 0 Å². The van der Waals surface area contributed by atoms with E-state index in [2.05, 4.69) is 10.3 Å². The number of amides is 1. The van der Waals surface area contributed by atoms with Crippen LogP contribution in [0, 0.1) is 0 Å². The molecule has 1 aliphatic carbocycles. The summed E-state index contributed by atoms with van der Waals surface area (Å²) in [5, 5.41) is 3.50. The van der Waals surface area contributed by atoms with Crippen molar-refractivity contribution in [2.45, 2.75) is 31.5 Å². The zero-order valence-corrected chi connectivity index (χ0v) is 14.9. The summed E-state index contributed by atoms with van der Waals surface area (Å²) >= 11 is 12.0. The Labute approximate surface area is 154 Å². The Morgan fingerprint density at radius 1 is 1.36 bits per heavy atom. The summed E-state index contributed by atoms with van der Waals surface area (Å²) in [4.78, 5) is 28.5. The lowest BCUT2D eigenvalue weighted by atomic mass is 9.81. The second kappa shape index (κ2) is 6.73. The molecule has 0 saturated carbocycles. The normalized spacial score (nSPS) is 20.7. The highest BCUT2D eigenvalue weighted by Gasteiger charge is 2.47. The van der Waals surface area contributed by atoms with Crippen LogP contribution in [0.15, 0.2) is 36.5 Å². The maximum Gasteiger partial charge on any atom is 0.262 e. The van der Waals surface area contributed by atoms with Crippen molar-refractivity contribution in [3.8, 4) is 0 Å². The summed E-state index contributed by atoms with van der Waals surface area (Å²) in [5.41, 5.74) is -1.65.